The molecule has 1 aliphatic heterocycles. The lowest BCUT2D eigenvalue weighted by atomic mass is 10.1. The van der Waals surface area contributed by atoms with Gasteiger partial charge in [-0.1, -0.05) is 35.5 Å². The Morgan fingerprint density at radius 1 is 1.23 bits per heavy atom. The molecule has 0 spiro atoms. The van der Waals surface area contributed by atoms with Gasteiger partial charge in [0.2, 0.25) is 11.7 Å². The summed E-state index contributed by atoms with van der Waals surface area (Å²) in [6, 6.07) is 11.4. The molecule has 2 aromatic heterocycles. The van der Waals surface area contributed by atoms with Gasteiger partial charge in [-0.2, -0.15) is 4.98 Å². The zero-order valence-electron chi connectivity index (χ0n) is 14.8. The largest absolute Gasteiger partial charge is 0.337 e. The highest BCUT2D eigenvalue weighted by molar-refractivity contribution is 5.95. The summed E-state index contributed by atoms with van der Waals surface area (Å²) in [6.07, 6.45) is 3.39. The van der Waals surface area contributed by atoms with Crippen LogP contribution in [0, 0.1) is 13.8 Å². The number of pyridine rings is 1. The Kier molecular flexibility index (Phi) is 4.24. The summed E-state index contributed by atoms with van der Waals surface area (Å²) in [5.41, 5.74) is 3.37. The van der Waals surface area contributed by atoms with Crippen molar-refractivity contribution in [1.29, 1.82) is 0 Å². The van der Waals surface area contributed by atoms with Gasteiger partial charge in [0.05, 0.1) is 5.56 Å². The molecular weight excluding hydrogens is 328 g/mol. The smallest absolute Gasteiger partial charge is 0.256 e. The van der Waals surface area contributed by atoms with Crippen molar-refractivity contribution < 1.29 is 9.32 Å². The second kappa shape index (κ2) is 6.71. The van der Waals surface area contributed by atoms with Crippen LogP contribution in [0.3, 0.4) is 0 Å². The van der Waals surface area contributed by atoms with Crippen molar-refractivity contribution in [1.82, 2.24) is 20.0 Å². The molecule has 1 saturated heterocycles. The van der Waals surface area contributed by atoms with E-state index in [9.17, 15) is 4.79 Å². The first-order valence-electron chi connectivity index (χ1n) is 8.77. The molecular formula is C20H20N4O2. The Bertz CT molecular complexity index is 936. The third-order valence-corrected chi connectivity index (χ3v) is 4.75. The fourth-order valence-electron chi connectivity index (χ4n) is 3.42. The van der Waals surface area contributed by atoms with E-state index in [0.29, 0.717) is 23.8 Å². The van der Waals surface area contributed by atoms with E-state index in [4.69, 9.17) is 4.52 Å². The number of carbonyl (C=O) groups excluding carboxylic acids is 1. The fourth-order valence-corrected chi connectivity index (χ4v) is 3.42. The van der Waals surface area contributed by atoms with Crippen molar-refractivity contribution in [2.75, 3.05) is 6.54 Å². The van der Waals surface area contributed by atoms with E-state index in [0.717, 1.165) is 29.7 Å². The van der Waals surface area contributed by atoms with E-state index < -0.39 is 0 Å². The molecule has 3 aromatic rings. The Labute approximate surface area is 151 Å². The lowest BCUT2D eigenvalue weighted by Crippen LogP contribution is -2.31. The van der Waals surface area contributed by atoms with E-state index in [2.05, 4.69) is 15.1 Å². The van der Waals surface area contributed by atoms with Gasteiger partial charge in [-0.3, -0.25) is 9.78 Å². The zero-order chi connectivity index (χ0) is 18.1. The van der Waals surface area contributed by atoms with Gasteiger partial charge in [-0.15, -0.1) is 0 Å². The maximum Gasteiger partial charge on any atom is 0.256 e. The van der Waals surface area contributed by atoms with Crippen molar-refractivity contribution >= 4 is 5.91 Å². The second-order valence-electron chi connectivity index (χ2n) is 6.62. The number of hydrogen-bond donors (Lipinski definition) is 0. The van der Waals surface area contributed by atoms with Crippen LogP contribution in [0.25, 0.3) is 11.4 Å². The number of aromatic nitrogens is 3. The van der Waals surface area contributed by atoms with E-state index >= 15 is 0 Å². The quantitative estimate of drug-likeness (QED) is 0.721. The van der Waals surface area contributed by atoms with Crippen LogP contribution in [-0.4, -0.2) is 32.5 Å². The van der Waals surface area contributed by atoms with Gasteiger partial charge in [0.25, 0.3) is 5.91 Å². The van der Waals surface area contributed by atoms with Crippen LogP contribution < -0.4 is 0 Å². The number of aryl methyl sites for hydroxylation is 2. The zero-order valence-corrected chi connectivity index (χ0v) is 14.8. The van der Waals surface area contributed by atoms with E-state index in [1.807, 2.05) is 55.1 Å². The molecule has 0 saturated carbocycles. The third kappa shape index (κ3) is 2.98. The average molecular weight is 348 g/mol. The summed E-state index contributed by atoms with van der Waals surface area (Å²) in [5, 5.41) is 4.09. The maximum absolute atomic E-state index is 13.0. The molecule has 1 aromatic carbocycles. The molecule has 0 bridgehead atoms. The minimum atomic E-state index is -0.187. The molecule has 0 radical (unpaired) electrons. The van der Waals surface area contributed by atoms with Gasteiger partial charge in [-0.25, -0.2) is 0 Å². The van der Waals surface area contributed by atoms with Crippen LogP contribution in [0.4, 0.5) is 0 Å². The molecule has 0 N–H and O–H groups in total. The molecule has 1 amide bonds. The van der Waals surface area contributed by atoms with E-state index in [-0.39, 0.29) is 11.9 Å². The number of rotatable bonds is 3. The molecule has 3 heterocycles. The monoisotopic (exact) mass is 348 g/mol. The topological polar surface area (TPSA) is 72.1 Å². The highest BCUT2D eigenvalue weighted by atomic mass is 16.5. The number of hydrogen-bond acceptors (Lipinski definition) is 5. The molecule has 4 rings (SSSR count). The number of nitrogens with zero attached hydrogens (tertiary/aromatic N) is 4. The normalized spacial score (nSPS) is 16.8. The van der Waals surface area contributed by atoms with Crippen molar-refractivity contribution in [2.24, 2.45) is 0 Å². The number of likely N-dealkylation sites (tertiary alicyclic amines) is 1. The summed E-state index contributed by atoms with van der Waals surface area (Å²) >= 11 is 0. The van der Waals surface area contributed by atoms with Crippen molar-refractivity contribution in [3.8, 4) is 11.4 Å². The molecule has 1 atom stereocenters. The first kappa shape index (κ1) is 16.4. The van der Waals surface area contributed by atoms with Crippen LogP contribution in [0.1, 0.15) is 46.4 Å². The van der Waals surface area contributed by atoms with Crippen LogP contribution in [0.5, 0.6) is 0 Å². The molecule has 26 heavy (non-hydrogen) atoms. The van der Waals surface area contributed by atoms with Crippen LogP contribution >= 0.6 is 0 Å². The van der Waals surface area contributed by atoms with Gasteiger partial charge in [0.15, 0.2) is 0 Å². The van der Waals surface area contributed by atoms with Crippen molar-refractivity contribution in [3.05, 3.63) is 65.3 Å². The fraction of sp³-hybridized carbons (Fsp3) is 0.300. The summed E-state index contributed by atoms with van der Waals surface area (Å²) in [7, 11) is 0. The van der Waals surface area contributed by atoms with Gasteiger partial charge in [-0.05, 0) is 38.3 Å². The Hall–Kier alpha value is -3.02. The van der Waals surface area contributed by atoms with Crippen LogP contribution in [-0.2, 0) is 0 Å². The standard InChI is InChI=1S/C20H20N4O2/c1-13-11-14(2)21-12-16(13)20(25)24-10-6-9-17(24)19-22-18(23-26-19)15-7-4-3-5-8-15/h3-5,7-8,11-12,17H,6,9-10H2,1-2H3. The van der Waals surface area contributed by atoms with Crippen molar-refractivity contribution in [3.63, 3.8) is 0 Å². The number of carbonyl (C=O) groups is 1. The minimum absolute atomic E-state index is 0.0306. The first-order chi connectivity index (χ1) is 12.6. The third-order valence-electron chi connectivity index (χ3n) is 4.75. The SMILES string of the molecule is Cc1cc(C)c(C(=O)N2CCCC2c2nc(-c3ccccc3)no2)cn1. The predicted molar refractivity (Wildman–Crippen MR) is 96.5 cm³/mol. The summed E-state index contributed by atoms with van der Waals surface area (Å²) in [5.74, 6) is 1.01. The van der Waals surface area contributed by atoms with E-state index in [1.54, 1.807) is 6.20 Å². The highest BCUT2D eigenvalue weighted by Crippen LogP contribution is 2.33. The molecule has 1 aliphatic rings. The molecule has 1 unspecified atom stereocenters. The predicted octanol–water partition coefficient (Wildman–Crippen LogP) is 3.73. The van der Waals surface area contributed by atoms with Crippen molar-refractivity contribution in [2.45, 2.75) is 32.7 Å². The van der Waals surface area contributed by atoms with Crippen LogP contribution in [0.15, 0.2) is 47.1 Å². The molecule has 132 valence electrons. The second-order valence-corrected chi connectivity index (χ2v) is 6.62. The molecule has 1 fully saturated rings. The minimum Gasteiger partial charge on any atom is -0.337 e. The lowest BCUT2D eigenvalue weighted by Gasteiger charge is -2.22. The number of amides is 1. The summed E-state index contributed by atoms with van der Waals surface area (Å²) in [4.78, 5) is 23.7. The van der Waals surface area contributed by atoms with Gasteiger partial charge >= 0.3 is 0 Å². The lowest BCUT2D eigenvalue weighted by molar-refractivity contribution is 0.0709. The molecule has 0 aliphatic carbocycles. The number of benzene rings is 1. The summed E-state index contributed by atoms with van der Waals surface area (Å²) in [6.45, 7) is 4.54. The van der Waals surface area contributed by atoms with Gasteiger partial charge < -0.3 is 9.42 Å². The van der Waals surface area contributed by atoms with Crippen LogP contribution in [0.2, 0.25) is 0 Å². The highest BCUT2D eigenvalue weighted by Gasteiger charge is 2.35. The van der Waals surface area contributed by atoms with Gasteiger partial charge in [0.1, 0.15) is 6.04 Å². The molecule has 6 nitrogen and oxygen atoms in total. The average Bonchev–Trinajstić information content (AvgIpc) is 3.31. The Balaban J connectivity index is 1.61. The van der Waals surface area contributed by atoms with Gasteiger partial charge in [0, 0.05) is 24.0 Å². The maximum atomic E-state index is 13.0. The Morgan fingerprint density at radius 3 is 2.81 bits per heavy atom. The molecule has 6 heteroatoms. The first-order valence-corrected chi connectivity index (χ1v) is 8.77. The van der Waals surface area contributed by atoms with E-state index in [1.165, 1.54) is 0 Å². The summed E-state index contributed by atoms with van der Waals surface area (Å²) < 4.78 is 5.50. The Morgan fingerprint density at radius 2 is 2.04 bits per heavy atom.